The van der Waals surface area contributed by atoms with Gasteiger partial charge in [0.15, 0.2) is 0 Å². The lowest BCUT2D eigenvalue weighted by molar-refractivity contribution is -0.123. The van der Waals surface area contributed by atoms with E-state index >= 15 is 0 Å². The van der Waals surface area contributed by atoms with Gasteiger partial charge in [0.25, 0.3) is 0 Å². The third-order valence-electron chi connectivity index (χ3n) is 3.62. The molecule has 2 aromatic rings. The largest absolute Gasteiger partial charge is 0.354 e. The number of carbonyl (C=O) groups is 1. The van der Waals surface area contributed by atoms with Gasteiger partial charge in [-0.15, -0.1) is 36.2 Å². The summed E-state index contributed by atoms with van der Waals surface area (Å²) in [6.07, 6.45) is 6.90. The summed E-state index contributed by atoms with van der Waals surface area (Å²) in [6.45, 7) is 0.655. The van der Waals surface area contributed by atoms with E-state index in [2.05, 4.69) is 20.7 Å². The molecule has 0 spiro atoms. The first-order valence-electron chi connectivity index (χ1n) is 7.09. The predicted molar refractivity (Wildman–Crippen MR) is 97.3 cm³/mol. The van der Waals surface area contributed by atoms with Gasteiger partial charge in [0.2, 0.25) is 5.91 Å². The molecule has 126 valence electrons. The Morgan fingerprint density at radius 1 is 1.30 bits per heavy atom. The van der Waals surface area contributed by atoms with Crippen LogP contribution < -0.4 is 11.1 Å². The second-order valence-corrected chi connectivity index (χ2v) is 6.32. The molecule has 1 saturated carbocycles. The second-order valence-electron chi connectivity index (χ2n) is 5.38. The Balaban J connectivity index is 0.00000132. The Hall–Kier alpha value is -1.21. The van der Waals surface area contributed by atoms with Crippen LogP contribution in [0.15, 0.2) is 29.9 Å². The van der Waals surface area contributed by atoms with Gasteiger partial charge in [0.1, 0.15) is 0 Å². The van der Waals surface area contributed by atoms with Crippen LogP contribution in [0.3, 0.4) is 0 Å². The molecule has 3 N–H and O–H groups in total. The van der Waals surface area contributed by atoms with Gasteiger partial charge in [0, 0.05) is 36.3 Å². The van der Waals surface area contributed by atoms with Gasteiger partial charge in [0.05, 0.1) is 16.2 Å². The van der Waals surface area contributed by atoms with Crippen LogP contribution in [0, 0.1) is 0 Å². The lowest BCUT2D eigenvalue weighted by Crippen LogP contribution is -2.43. The van der Waals surface area contributed by atoms with Crippen LogP contribution in [-0.2, 0) is 11.2 Å². The highest BCUT2D eigenvalue weighted by atomic mass is 35.5. The van der Waals surface area contributed by atoms with Crippen molar-refractivity contribution in [2.75, 3.05) is 6.54 Å². The van der Waals surface area contributed by atoms with Crippen LogP contribution in [0.1, 0.15) is 24.3 Å². The molecule has 0 atom stereocenters. The number of nitrogens with two attached hydrogens (primary N) is 1. The Bertz CT molecular complexity index is 631. The molecule has 5 nitrogen and oxygen atoms in total. The maximum atomic E-state index is 11.7. The summed E-state index contributed by atoms with van der Waals surface area (Å²) in [6, 6.07) is 3.91. The molecular formula is C15H20Cl2N4OS. The van der Waals surface area contributed by atoms with Gasteiger partial charge < -0.3 is 11.1 Å². The van der Waals surface area contributed by atoms with Gasteiger partial charge in [-0.3, -0.25) is 9.78 Å². The Kier molecular flexibility index (Phi) is 7.41. The van der Waals surface area contributed by atoms with E-state index in [4.69, 9.17) is 5.73 Å². The topological polar surface area (TPSA) is 80.9 Å². The first-order valence-corrected chi connectivity index (χ1v) is 7.97. The molecule has 1 aliphatic carbocycles. The third kappa shape index (κ3) is 5.14. The predicted octanol–water partition coefficient (Wildman–Crippen LogP) is 2.59. The number of nitrogens with zero attached hydrogens (tertiary/aromatic N) is 2. The number of nitrogens with one attached hydrogen (secondary N) is 1. The maximum absolute atomic E-state index is 11.7. The van der Waals surface area contributed by atoms with Gasteiger partial charge in [-0.05, 0) is 31.4 Å². The van der Waals surface area contributed by atoms with Crippen molar-refractivity contribution in [2.24, 2.45) is 5.73 Å². The van der Waals surface area contributed by atoms with Gasteiger partial charge in [-0.25, -0.2) is 4.98 Å². The lowest BCUT2D eigenvalue weighted by atomic mass is 10.2. The summed E-state index contributed by atoms with van der Waals surface area (Å²) < 4.78 is 0. The number of amides is 1. The van der Waals surface area contributed by atoms with Crippen LogP contribution in [0.25, 0.3) is 11.3 Å². The Morgan fingerprint density at radius 2 is 2.00 bits per heavy atom. The van der Waals surface area contributed by atoms with Gasteiger partial charge >= 0.3 is 0 Å². The normalized spacial score (nSPS) is 14.3. The summed E-state index contributed by atoms with van der Waals surface area (Å²) in [4.78, 5) is 20.3. The summed E-state index contributed by atoms with van der Waals surface area (Å²) in [5.74, 6) is -0.0147. The molecule has 1 fully saturated rings. The number of aryl methyl sites for hydroxylation is 1. The average Bonchev–Trinajstić information content (AvgIpc) is 3.10. The number of rotatable bonds is 6. The number of hydrogen-bond donors (Lipinski definition) is 2. The molecule has 2 heterocycles. The van der Waals surface area contributed by atoms with Crippen molar-refractivity contribution >= 4 is 42.1 Å². The van der Waals surface area contributed by atoms with E-state index in [1.165, 1.54) is 0 Å². The number of halogens is 2. The van der Waals surface area contributed by atoms with Crippen molar-refractivity contribution in [3.63, 3.8) is 0 Å². The van der Waals surface area contributed by atoms with E-state index in [-0.39, 0.29) is 30.7 Å². The standard InChI is InChI=1S/C15H18N4OS.2ClH/c16-15(5-6-15)14(20)18-7-1-2-13-19-12(10-21-13)11-3-8-17-9-4-11;;/h3-4,8-10H,1-2,5-7,16H2,(H,18,20);2*1H. The molecule has 0 aromatic carbocycles. The molecule has 23 heavy (non-hydrogen) atoms. The summed E-state index contributed by atoms with van der Waals surface area (Å²) in [5.41, 5.74) is 7.32. The second kappa shape index (κ2) is 8.59. The van der Waals surface area contributed by atoms with E-state index in [0.29, 0.717) is 6.54 Å². The zero-order valence-electron chi connectivity index (χ0n) is 12.5. The fraction of sp³-hybridized carbons (Fsp3) is 0.400. The third-order valence-corrected chi connectivity index (χ3v) is 4.53. The van der Waals surface area contributed by atoms with E-state index in [9.17, 15) is 4.79 Å². The van der Waals surface area contributed by atoms with Crippen molar-refractivity contribution in [1.29, 1.82) is 0 Å². The summed E-state index contributed by atoms with van der Waals surface area (Å²) in [7, 11) is 0. The number of hydrogen-bond acceptors (Lipinski definition) is 5. The summed E-state index contributed by atoms with van der Waals surface area (Å²) in [5, 5.41) is 6.04. The molecule has 0 saturated heterocycles. The van der Waals surface area contributed by atoms with Crippen molar-refractivity contribution < 1.29 is 4.79 Å². The maximum Gasteiger partial charge on any atom is 0.240 e. The number of thiazole rings is 1. The SMILES string of the molecule is Cl.Cl.NC1(C(=O)NCCCc2nc(-c3ccncc3)cs2)CC1. The fourth-order valence-electron chi connectivity index (χ4n) is 2.06. The van der Waals surface area contributed by atoms with Gasteiger partial charge in [-0.2, -0.15) is 0 Å². The van der Waals surface area contributed by atoms with Crippen LogP contribution >= 0.6 is 36.2 Å². The van der Waals surface area contributed by atoms with E-state index in [0.717, 1.165) is 41.9 Å². The van der Waals surface area contributed by atoms with E-state index < -0.39 is 5.54 Å². The van der Waals surface area contributed by atoms with Crippen LogP contribution in [0.2, 0.25) is 0 Å². The molecule has 0 bridgehead atoms. The van der Waals surface area contributed by atoms with Crippen molar-refractivity contribution in [3.8, 4) is 11.3 Å². The number of aromatic nitrogens is 2. The minimum Gasteiger partial charge on any atom is -0.354 e. The monoisotopic (exact) mass is 374 g/mol. The van der Waals surface area contributed by atoms with E-state index in [1.807, 2.05) is 12.1 Å². The first-order chi connectivity index (χ1) is 10.2. The number of carbonyl (C=O) groups excluding carboxylic acids is 1. The van der Waals surface area contributed by atoms with Crippen LogP contribution in [0.4, 0.5) is 0 Å². The van der Waals surface area contributed by atoms with Crippen LogP contribution in [0.5, 0.6) is 0 Å². The molecule has 1 amide bonds. The highest BCUT2D eigenvalue weighted by Gasteiger charge is 2.45. The Labute approximate surface area is 151 Å². The van der Waals surface area contributed by atoms with Crippen molar-refractivity contribution in [3.05, 3.63) is 34.9 Å². The molecule has 8 heteroatoms. The molecular weight excluding hydrogens is 355 g/mol. The molecule has 3 rings (SSSR count). The zero-order chi connectivity index (χ0) is 14.7. The highest BCUT2D eigenvalue weighted by molar-refractivity contribution is 7.09. The first kappa shape index (κ1) is 19.8. The molecule has 0 radical (unpaired) electrons. The zero-order valence-corrected chi connectivity index (χ0v) is 15.0. The summed E-state index contributed by atoms with van der Waals surface area (Å²) >= 11 is 1.65. The average molecular weight is 375 g/mol. The van der Waals surface area contributed by atoms with Crippen molar-refractivity contribution in [2.45, 2.75) is 31.2 Å². The number of pyridine rings is 1. The van der Waals surface area contributed by atoms with Gasteiger partial charge in [-0.1, -0.05) is 0 Å². The smallest absolute Gasteiger partial charge is 0.240 e. The fourth-order valence-corrected chi connectivity index (χ4v) is 2.91. The van der Waals surface area contributed by atoms with Crippen molar-refractivity contribution in [1.82, 2.24) is 15.3 Å². The quantitative estimate of drug-likeness (QED) is 0.761. The van der Waals surface area contributed by atoms with Crippen LogP contribution in [-0.4, -0.2) is 28.0 Å². The minimum absolute atomic E-state index is 0. The Morgan fingerprint density at radius 3 is 2.65 bits per heavy atom. The highest BCUT2D eigenvalue weighted by Crippen LogP contribution is 2.32. The molecule has 0 aliphatic heterocycles. The van der Waals surface area contributed by atoms with E-state index in [1.54, 1.807) is 23.7 Å². The molecule has 0 unspecified atom stereocenters. The minimum atomic E-state index is -0.574. The molecule has 1 aliphatic rings. The molecule has 2 aromatic heterocycles. The lowest BCUT2D eigenvalue weighted by Gasteiger charge is -2.09.